The highest BCUT2D eigenvalue weighted by molar-refractivity contribution is 6.35. The number of nitrogens with zero attached hydrogens (tertiary/aromatic N) is 1. The van der Waals surface area contributed by atoms with E-state index in [0.29, 0.717) is 49.7 Å². The van der Waals surface area contributed by atoms with Crippen molar-refractivity contribution in [3.63, 3.8) is 0 Å². The Balaban J connectivity index is 1.50. The van der Waals surface area contributed by atoms with Crippen LogP contribution in [-0.2, 0) is 14.3 Å². The number of ether oxygens (including phenoxy) is 1. The van der Waals surface area contributed by atoms with Crippen molar-refractivity contribution in [3.05, 3.63) is 33.6 Å². The molecule has 1 atom stereocenters. The summed E-state index contributed by atoms with van der Waals surface area (Å²) < 4.78 is 19.4. The molecule has 26 heavy (non-hydrogen) atoms. The van der Waals surface area contributed by atoms with Crippen molar-refractivity contribution < 1.29 is 18.7 Å². The molecule has 1 saturated carbocycles. The van der Waals surface area contributed by atoms with Crippen molar-refractivity contribution in [2.24, 2.45) is 5.92 Å². The monoisotopic (exact) mass is 402 g/mol. The molecule has 2 fully saturated rings. The smallest absolute Gasteiger partial charge is 0.223 e. The maximum absolute atomic E-state index is 13.7. The molecule has 2 aliphatic rings. The first kappa shape index (κ1) is 19.4. The Hall–Kier alpha value is -1.37. The van der Waals surface area contributed by atoms with Gasteiger partial charge in [0, 0.05) is 36.0 Å². The molecule has 5 nitrogen and oxygen atoms in total. The molecule has 2 amide bonds. The van der Waals surface area contributed by atoms with Crippen molar-refractivity contribution in [1.82, 2.24) is 10.2 Å². The Morgan fingerprint density at radius 1 is 1.27 bits per heavy atom. The molecule has 1 heterocycles. The van der Waals surface area contributed by atoms with Gasteiger partial charge in [-0.1, -0.05) is 23.2 Å². The van der Waals surface area contributed by atoms with E-state index in [1.54, 1.807) is 4.90 Å². The van der Waals surface area contributed by atoms with Gasteiger partial charge in [0.05, 0.1) is 18.2 Å². The number of benzene rings is 1. The Labute approximate surface area is 161 Å². The minimum atomic E-state index is -0.565. The second-order valence-electron chi connectivity index (χ2n) is 6.66. The minimum absolute atomic E-state index is 0.00970. The summed E-state index contributed by atoms with van der Waals surface area (Å²) in [7, 11) is 0. The van der Waals surface area contributed by atoms with E-state index in [9.17, 15) is 14.0 Å². The summed E-state index contributed by atoms with van der Waals surface area (Å²) in [6.45, 7) is 1.66. The third-order valence-corrected chi connectivity index (χ3v) is 5.24. The van der Waals surface area contributed by atoms with E-state index in [-0.39, 0.29) is 22.8 Å². The third-order valence-electron chi connectivity index (χ3n) is 4.62. The van der Waals surface area contributed by atoms with E-state index in [4.69, 9.17) is 27.9 Å². The zero-order valence-electron chi connectivity index (χ0n) is 14.3. The highest BCUT2D eigenvalue weighted by atomic mass is 35.5. The van der Waals surface area contributed by atoms with Crippen LogP contribution in [0.15, 0.2) is 12.1 Å². The first-order valence-electron chi connectivity index (χ1n) is 8.77. The van der Waals surface area contributed by atoms with E-state index >= 15 is 0 Å². The molecule has 8 heteroatoms. The van der Waals surface area contributed by atoms with E-state index in [1.807, 2.05) is 0 Å². The Morgan fingerprint density at radius 2 is 2.04 bits per heavy atom. The number of amides is 2. The summed E-state index contributed by atoms with van der Waals surface area (Å²) in [4.78, 5) is 25.7. The maximum Gasteiger partial charge on any atom is 0.223 e. The van der Waals surface area contributed by atoms with Crippen LogP contribution in [0.1, 0.15) is 37.4 Å². The number of carbonyl (C=O) groups is 2. The second-order valence-corrected chi connectivity index (χ2v) is 7.47. The second kappa shape index (κ2) is 8.55. The molecule has 1 saturated heterocycles. The number of halogens is 3. The predicted octanol–water partition coefficient (Wildman–Crippen LogP) is 3.34. The maximum atomic E-state index is 13.7. The van der Waals surface area contributed by atoms with Gasteiger partial charge < -0.3 is 15.0 Å². The fraction of sp³-hybridized carbons (Fsp3) is 0.556. The molecule has 3 rings (SSSR count). The molecule has 0 aromatic heterocycles. The van der Waals surface area contributed by atoms with Gasteiger partial charge in [-0.25, -0.2) is 4.39 Å². The van der Waals surface area contributed by atoms with Gasteiger partial charge in [-0.05, 0) is 31.4 Å². The van der Waals surface area contributed by atoms with Gasteiger partial charge in [0.1, 0.15) is 11.9 Å². The van der Waals surface area contributed by atoms with Crippen LogP contribution in [-0.4, -0.2) is 43.0 Å². The molecule has 0 spiro atoms. The van der Waals surface area contributed by atoms with Crippen LogP contribution < -0.4 is 5.32 Å². The standard InChI is InChI=1S/C18H21Cl2FN2O3/c19-13-9-14(20)15(21)8-12(13)16-10-23(6-7-26-16)17(24)2-1-5-22-18(25)11-3-4-11/h8-9,11,16H,1-7,10H2,(H,22,25). The van der Waals surface area contributed by atoms with Crippen LogP contribution in [0.4, 0.5) is 4.39 Å². The summed E-state index contributed by atoms with van der Waals surface area (Å²) in [6.07, 6.45) is 2.39. The largest absolute Gasteiger partial charge is 0.370 e. The van der Waals surface area contributed by atoms with Gasteiger partial charge in [0.15, 0.2) is 0 Å². The lowest BCUT2D eigenvalue weighted by molar-refractivity contribution is -0.139. The topological polar surface area (TPSA) is 58.6 Å². The van der Waals surface area contributed by atoms with E-state index < -0.39 is 11.9 Å². The van der Waals surface area contributed by atoms with Crippen LogP contribution in [0.25, 0.3) is 0 Å². The first-order valence-corrected chi connectivity index (χ1v) is 9.53. The quantitative estimate of drug-likeness (QED) is 0.586. The zero-order chi connectivity index (χ0) is 18.7. The number of hydrogen-bond donors (Lipinski definition) is 1. The summed E-state index contributed by atoms with van der Waals surface area (Å²) in [5.74, 6) is -0.312. The van der Waals surface area contributed by atoms with Crippen molar-refractivity contribution >= 4 is 35.0 Å². The van der Waals surface area contributed by atoms with E-state index in [1.165, 1.54) is 12.1 Å². The molecule has 142 valence electrons. The SMILES string of the molecule is O=C(NCCCC(=O)N1CCOC(c2cc(F)c(Cl)cc2Cl)C1)C1CC1. The van der Waals surface area contributed by atoms with Crippen molar-refractivity contribution in [3.8, 4) is 0 Å². The van der Waals surface area contributed by atoms with Crippen molar-refractivity contribution in [1.29, 1.82) is 0 Å². The summed E-state index contributed by atoms with van der Waals surface area (Å²) >= 11 is 11.9. The Kier molecular flexibility index (Phi) is 6.37. The van der Waals surface area contributed by atoms with Crippen LogP contribution in [0, 0.1) is 11.7 Å². The number of rotatable bonds is 6. The molecule has 0 radical (unpaired) electrons. The van der Waals surface area contributed by atoms with Crippen molar-refractivity contribution in [2.45, 2.75) is 31.8 Å². The summed E-state index contributed by atoms with van der Waals surface area (Å²) in [6, 6.07) is 2.61. The van der Waals surface area contributed by atoms with Gasteiger partial charge in [0.25, 0.3) is 0 Å². The first-order chi connectivity index (χ1) is 12.5. The van der Waals surface area contributed by atoms with Crippen LogP contribution in [0.2, 0.25) is 10.0 Å². The molecule has 1 aliphatic carbocycles. The van der Waals surface area contributed by atoms with Crippen LogP contribution >= 0.6 is 23.2 Å². The molecular formula is C18H21Cl2FN2O3. The normalized spacial score (nSPS) is 20.1. The number of carbonyl (C=O) groups excluding carboxylic acids is 2. The average molecular weight is 403 g/mol. The van der Waals surface area contributed by atoms with E-state index in [2.05, 4.69) is 5.32 Å². The lowest BCUT2D eigenvalue weighted by atomic mass is 10.1. The number of nitrogens with one attached hydrogen (secondary N) is 1. The van der Waals surface area contributed by atoms with Crippen molar-refractivity contribution in [2.75, 3.05) is 26.2 Å². The minimum Gasteiger partial charge on any atom is -0.370 e. The molecule has 1 aromatic carbocycles. The fourth-order valence-electron chi connectivity index (χ4n) is 2.95. The molecule has 1 aliphatic heterocycles. The molecule has 1 N–H and O–H groups in total. The number of morpholine rings is 1. The summed E-state index contributed by atoms with van der Waals surface area (Å²) in [5.41, 5.74) is 0.489. The lowest BCUT2D eigenvalue weighted by Gasteiger charge is -2.33. The zero-order valence-corrected chi connectivity index (χ0v) is 15.8. The highest BCUT2D eigenvalue weighted by Gasteiger charge is 2.29. The van der Waals surface area contributed by atoms with E-state index in [0.717, 1.165) is 12.8 Å². The third kappa shape index (κ3) is 4.87. The summed E-state index contributed by atoms with van der Waals surface area (Å²) in [5, 5.41) is 3.12. The average Bonchev–Trinajstić information content (AvgIpc) is 3.46. The van der Waals surface area contributed by atoms with Crippen LogP contribution in [0.3, 0.4) is 0 Å². The van der Waals surface area contributed by atoms with Gasteiger partial charge in [-0.3, -0.25) is 9.59 Å². The van der Waals surface area contributed by atoms with Crippen LogP contribution in [0.5, 0.6) is 0 Å². The van der Waals surface area contributed by atoms with Gasteiger partial charge >= 0.3 is 0 Å². The molecule has 1 aromatic rings. The Bertz CT molecular complexity index is 697. The lowest BCUT2D eigenvalue weighted by Crippen LogP contribution is -2.42. The van der Waals surface area contributed by atoms with Gasteiger partial charge in [0.2, 0.25) is 11.8 Å². The molecule has 1 unspecified atom stereocenters. The van der Waals surface area contributed by atoms with Gasteiger partial charge in [-0.15, -0.1) is 0 Å². The molecular weight excluding hydrogens is 382 g/mol. The fourth-order valence-corrected chi connectivity index (χ4v) is 3.45. The number of hydrogen-bond acceptors (Lipinski definition) is 3. The predicted molar refractivity (Wildman–Crippen MR) is 96.7 cm³/mol. The Morgan fingerprint density at radius 3 is 2.77 bits per heavy atom. The molecule has 0 bridgehead atoms. The highest BCUT2D eigenvalue weighted by Crippen LogP contribution is 2.32. The van der Waals surface area contributed by atoms with Gasteiger partial charge in [-0.2, -0.15) is 0 Å².